The van der Waals surface area contributed by atoms with Crippen LogP contribution in [0.25, 0.3) is 6.08 Å². The fourth-order valence-corrected chi connectivity index (χ4v) is 4.26. The third kappa shape index (κ3) is 13.3. The average Bonchev–Trinajstić information content (AvgIpc) is 3.05. The van der Waals surface area contributed by atoms with E-state index >= 15 is 0 Å². The SMILES string of the molecule is CCOc1c(N)cc(C(=O)OCCCCCCOC(=O)/C=C/c2ccc(OC(=O)c3ccc(OCCCC(F)(F)F)cc3)cc2)cc1N. The van der Waals surface area contributed by atoms with Gasteiger partial charge in [-0.25, -0.2) is 14.4 Å². The van der Waals surface area contributed by atoms with Gasteiger partial charge in [-0.3, -0.25) is 0 Å². The molecule has 0 saturated heterocycles. The van der Waals surface area contributed by atoms with Crippen molar-refractivity contribution in [3.8, 4) is 17.2 Å². The summed E-state index contributed by atoms with van der Waals surface area (Å²) < 4.78 is 63.2. The Morgan fingerprint density at radius 3 is 1.92 bits per heavy atom. The maximum absolute atomic E-state index is 12.4. The molecule has 3 aromatic rings. The van der Waals surface area contributed by atoms with Crippen LogP contribution in [0.4, 0.5) is 24.5 Å². The van der Waals surface area contributed by atoms with Crippen LogP contribution in [0.3, 0.4) is 0 Å². The first kappa shape index (κ1) is 37.3. The number of alkyl halides is 3. The van der Waals surface area contributed by atoms with E-state index in [9.17, 15) is 27.6 Å². The third-order valence-corrected chi connectivity index (χ3v) is 6.65. The molecule has 0 radical (unpaired) electrons. The Labute approximate surface area is 276 Å². The molecular weight excluding hydrogens is 633 g/mol. The van der Waals surface area contributed by atoms with Crippen molar-refractivity contribution in [2.24, 2.45) is 0 Å². The first-order valence-corrected chi connectivity index (χ1v) is 15.4. The minimum absolute atomic E-state index is 0.0922. The molecule has 4 N–H and O–H groups in total. The highest BCUT2D eigenvalue weighted by atomic mass is 19.4. The molecule has 0 aromatic heterocycles. The van der Waals surface area contributed by atoms with Gasteiger partial charge in [-0.2, -0.15) is 13.2 Å². The molecule has 258 valence electrons. The molecule has 0 aliphatic carbocycles. The van der Waals surface area contributed by atoms with Crippen molar-refractivity contribution >= 4 is 35.4 Å². The lowest BCUT2D eigenvalue weighted by molar-refractivity contribution is -0.138. The molecule has 0 spiro atoms. The lowest BCUT2D eigenvalue weighted by Gasteiger charge is -2.12. The van der Waals surface area contributed by atoms with E-state index in [4.69, 9.17) is 35.2 Å². The van der Waals surface area contributed by atoms with E-state index < -0.39 is 30.5 Å². The van der Waals surface area contributed by atoms with Crippen molar-refractivity contribution in [2.45, 2.75) is 51.6 Å². The summed E-state index contributed by atoms with van der Waals surface area (Å²) in [5.41, 5.74) is 13.5. The van der Waals surface area contributed by atoms with Crippen LogP contribution >= 0.6 is 0 Å². The zero-order valence-corrected chi connectivity index (χ0v) is 26.6. The molecule has 0 atom stereocenters. The van der Waals surface area contributed by atoms with Gasteiger partial charge in [0.2, 0.25) is 0 Å². The molecule has 0 aliphatic rings. The van der Waals surface area contributed by atoms with Gasteiger partial charge in [0.25, 0.3) is 0 Å². The topological polar surface area (TPSA) is 149 Å². The molecule has 0 amide bonds. The van der Waals surface area contributed by atoms with Crippen LogP contribution in [-0.2, 0) is 14.3 Å². The van der Waals surface area contributed by atoms with Crippen LogP contribution in [-0.4, -0.2) is 50.5 Å². The fourth-order valence-electron chi connectivity index (χ4n) is 4.26. The van der Waals surface area contributed by atoms with Gasteiger partial charge in [-0.1, -0.05) is 12.1 Å². The van der Waals surface area contributed by atoms with E-state index in [0.717, 1.165) is 12.8 Å². The third-order valence-electron chi connectivity index (χ3n) is 6.65. The fraction of sp³-hybridized carbons (Fsp3) is 0.343. The molecule has 0 bridgehead atoms. The summed E-state index contributed by atoms with van der Waals surface area (Å²) in [6, 6.07) is 15.3. The van der Waals surface area contributed by atoms with Gasteiger partial charge < -0.3 is 35.2 Å². The second-order valence-corrected chi connectivity index (χ2v) is 10.5. The number of carbonyl (C=O) groups excluding carboxylic acids is 3. The molecule has 10 nitrogen and oxygen atoms in total. The molecule has 13 heteroatoms. The summed E-state index contributed by atoms with van der Waals surface area (Å²) in [5.74, 6) is -0.659. The lowest BCUT2D eigenvalue weighted by Crippen LogP contribution is -2.10. The van der Waals surface area contributed by atoms with Crippen LogP contribution in [0, 0.1) is 0 Å². The summed E-state index contributed by atoms with van der Waals surface area (Å²) in [6.07, 6.45) is 0.404. The number of ether oxygens (including phenoxy) is 5. The number of halogens is 3. The van der Waals surface area contributed by atoms with Crippen LogP contribution in [0.5, 0.6) is 17.2 Å². The number of hydrogen-bond donors (Lipinski definition) is 2. The number of rotatable bonds is 18. The Balaban J connectivity index is 1.28. The zero-order valence-electron chi connectivity index (χ0n) is 26.6. The summed E-state index contributed by atoms with van der Waals surface area (Å²) >= 11 is 0. The first-order chi connectivity index (χ1) is 22.9. The van der Waals surface area contributed by atoms with Crippen molar-refractivity contribution in [3.05, 3.63) is 83.4 Å². The van der Waals surface area contributed by atoms with Gasteiger partial charge >= 0.3 is 24.1 Å². The van der Waals surface area contributed by atoms with Crippen molar-refractivity contribution in [1.29, 1.82) is 0 Å². The predicted octanol–water partition coefficient (Wildman–Crippen LogP) is 7.16. The van der Waals surface area contributed by atoms with E-state index in [1.165, 1.54) is 42.5 Å². The van der Waals surface area contributed by atoms with Gasteiger partial charge in [0.15, 0.2) is 5.75 Å². The lowest BCUT2D eigenvalue weighted by atomic mass is 10.1. The normalized spacial score (nSPS) is 11.2. The van der Waals surface area contributed by atoms with E-state index in [-0.39, 0.29) is 54.5 Å². The van der Waals surface area contributed by atoms with Crippen LogP contribution in [0.15, 0.2) is 66.7 Å². The number of unbranched alkanes of at least 4 members (excludes halogenated alkanes) is 3. The van der Waals surface area contributed by atoms with Gasteiger partial charge in [-0.15, -0.1) is 0 Å². The number of esters is 3. The van der Waals surface area contributed by atoms with Crippen molar-refractivity contribution in [2.75, 3.05) is 37.9 Å². The van der Waals surface area contributed by atoms with Gasteiger partial charge in [0.05, 0.1) is 48.9 Å². The molecule has 0 saturated carbocycles. The number of benzene rings is 3. The monoisotopic (exact) mass is 672 g/mol. The van der Waals surface area contributed by atoms with Crippen LogP contribution in [0.2, 0.25) is 0 Å². The van der Waals surface area contributed by atoms with Gasteiger partial charge in [-0.05, 0) is 99.2 Å². The number of anilines is 2. The molecule has 3 aromatic carbocycles. The Bertz CT molecular complexity index is 1500. The second-order valence-electron chi connectivity index (χ2n) is 10.5. The minimum Gasteiger partial charge on any atom is -0.494 e. The van der Waals surface area contributed by atoms with E-state index in [1.807, 2.05) is 0 Å². The molecule has 0 fully saturated rings. The Kier molecular flexibility index (Phi) is 14.6. The summed E-state index contributed by atoms with van der Waals surface area (Å²) in [6.45, 7) is 2.59. The second kappa shape index (κ2) is 18.8. The molecular formula is C35H39F3N2O8. The molecule has 48 heavy (non-hydrogen) atoms. The molecule has 3 rings (SSSR count). The number of hydrogen-bond acceptors (Lipinski definition) is 10. The number of carbonyl (C=O) groups is 3. The summed E-state index contributed by atoms with van der Waals surface area (Å²) in [7, 11) is 0. The van der Waals surface area contributed by atoms with Crippen LogP contribution < -0.4 is 25.7 Å². The largest absolute Gasteiger partial charge is 0.494 e. The molecule has 0 aliphatic heterocycles. The van der Waals surface area contributed by atoms with E-state index in [0.29, 0.717) is 36.5 Å². The average molecular weight is 673 g/mol. The smallest absolute Gasteiger partial charge is 0.389 e. The Morgan fingerprint density at radius 2 is 1.31 bits per heavy atom. The maximum Gasteiger partial charge on any atom is 0.389 e. The molecule has 0 unspecified atom stereocenters. The van der Waals surface area contributed by atoms with Gasteiger partial charge in [0.1, 0.15) is 11.5 Å². The van der Waals surface area contributed by atoms with E-state index in [1.54, 1.807) is 37.3 Å². The van der Waals surface area contributed by atoms with Crippen LogP contribution in [0.1, 0.15) is 71.7 Å². The van der Waals surface area contributed by atoms with E-state index in [2.05, 4.69) is 0 Å². The summed E-state index contributed by atoms with van der Waals surface area (Å²) in [4.78, 5) is 36.8. The quantitative estimate of drug-likeness (QED) is 0.0468. The standard InChI is InChI=1S/C35H39F3N2O8/c1-2-44-32-29(39)22-26(23-30(32)40)33(42)47-20-6-4-3-5-19-46-31(41)17-10-24-8-13-28(14-9-24)48-34(43)25-11-15-27(16-12-25)45-21-7-18-35(36,37)38/h8-17,22-23H,2-7,18-21,39-40H2,1H3/b17-10+. The Morgan fingerprint density at radius 1 is 0.708 bits per heavy atom. The highest BCUT2D eigenvalue weighted by Gasteiger charge is 2.26. The number of nitrogens with two attached hydrogens (primary N) is 2. The summed E-state index contributed by atoms with van der Waals surface area (Å²) in [5, 5.41) is 0. The molecule has 0 heterocycles. The zero-order chi connectivity index (χ0) is 34.9. The minimum atomic E-state index is -4.23. The first-order valence-electron chi connectivity index (χ1n) is 15.4. The maximum atomic E-state index is 12.4. The number of nitrogen functional groups attached to an aromatic ring is 2. The van der Waals surface area contributed by atoms with Gasteiger partial charge in [0, 0.05) is 12.5 Å². The van der Waals surface area contributed by atoms with Crippen molar-refractivity contribution < 1.29 is 51.2 Å². The predicted molar refractivity (Wildman–Crippen MR) is 174 cm³/mol. The highest BCUT2D eigenvalue weighted by molar-refractivity contribution is 5.93. The highest BCUT2D eigenvalue weighted by Crippen LogP contribution is 2.31. The van der Waals surface area contributed by atoms with Crippen molar-refractivity contribution in [3.63, 3.8) is 0 Å². The Hall–Kier alpha value is -5.20. The van der Waals surface area contributed by atoms with Crippen molar-refractivity contribution in [1.82, 2.24) is 0 Å².